The van der Waals surface area contributed by atoms with Crippen LogP contribution in [0.1, 0.15) is 43.7 Å². The van der Waals surface area contributed by atoms with Crippen molar-refractivity contribution in [3.8, 4) is 10.4 Å². The molecule has 0 saturated heterocycles. The van der Waals surface area contributed by atoms with Crippen LogP contribution >= 0.6 is 27.3 Å². The predicted octanol–water partition coefficient (Wildman–Crippen LogP) is 6.18. The van der Waals surface area contributed by atoms with Gasteiger partial charge < -0.3 is 5.32 Å². The van der Waals surface area contributed by atoms with Crippen LogP contribution in [0.5, 0.6) is 0 Å². The van der Waals surface area contributed by atoms with Crippen LogP contribution in [0.2, 0.25) is 0 Å². The normalized spacial score (nSPS) is 12.9. The van der Waals surface area contributed by atoms with E-state index in [1.807, 2.05) is 11.3 Å². The van der Waals surface area contributed by atoms with Gasteiger partial charge in [0, 0.05) is 20.3 Å². The topological polar surface area (TPSA) is 12.0 Å². The lowest BCUT2D eigenvalue weighted by atomic mass is 10.0. The van der Waals surface area contributed by atoms with Crippen LogP contribution in [-0.2, 0) is 0 Å². The summed E-state index contributed by atoms with van der Waals surface area (Å²) in [5, 5.41) is 3.68. The number of benzene rings is 1. The first-order valence-electron chi connectivity index (χ1n) is 7.62. The predicted molar refractivity (Wildman–Crippen MR) is 98.1 cm³/mol. The fourth-order valence-electron chi connectivity index (χ4n) is 2.53. The summed E-state index contributed by atoms with van der Waals surface area (Å²) in [6, 6.07) is 11.5. The van der Waals surface area contributed by atoms with Crippen molar-refractivity contribution in [1.29, 1.82) is 0 Å². The molecule has 1 N–H and O–H groups in total. The molecule has 0 bridgehead atoms. The van der Waals surface area contributed by atoms with Gasteiger partial charge in [-0.1, -0.05) is 42.8 Å². The van der Waals surface area contributed by atoms with Gasteiger partial charge in [0.15, 0.2) is 0 Å². The second-order valence-electron chi connectivity index (χ2n) is 5.84. The molecule has 1 unspecified atom stereocenters. The summed E-state index contributed by atoms with van der Waals surface area (Å²) >= 11 is 5.45. The number of thiophene rings is 1. The molecule has 0 spiro atoms. The Hall–Kier alpha value is -0.640. The lowest BCUT2D eigenvalue weighted by Crippen LogP contribution is -2.25. The van der Waals surface area contributed by atoms with E-state index in [1.54, 1.807) is 0 Å². The first-order chi connectivity index (χ1) is 10.0. The SMILES string of the molecule is CCCNC(c1ccc(-c2ccc(Br)cc2C)s1)C(C)C. The maximum absolute atomic E-state index is 3.68. The average molecular weight is 366 g/mol. The fourth-order valence-corrected chi connectivity index (χ4v) is 4.36. The van der Waals surface area contributed by atoms with E-state index in [0.717, 1.165) is 11.0 Å². The average Bonchev–Trinajstić information content (AvgIpc) is 2.88. The van der Waals surface area contributed by atoms with Crippen molar-refractivity contribution in [2.75, 3.05) is 6.54 Å². The van der Waals surface area contributed by atoms with Gasteiger partial charge in [0.1, 0.15) is 0 Å². The summed E-state index contributed by atoms with van der Waals surface area (Å²) in [5.74, 6) is 0.606. The lowest BCUT2D eigenvalue weighted by Gasteiger charge is -2.21. The molecule has 21 heavy (non-hydrogen) atoms. The highest BCUT2D eigenvalue weighted by Crippen LogP contribution is 2.36. The largest absolute Gasteiger partial charge is 0.309 e. The summed E-state index contributed by atoms with van der Waals surface area (Å²) in [5.41, 5.74) is 2.66. The molecular formula is C18H24BrNS. The minimum absolute atomic E-state index is 0.458. The van der Waals surface area contributed by atoms with Gasteiger partial charge in [-0.2, -0.15) is 0 Å². The molecule has 2 aromatic rings. The number of halogens is 1. The molecule has 0 radical (unpaired) electrons. The van der Waals surface area contributed by atoms with Crippen LogP contribution in [0.25, 0.3) is 10.4 Å². The summed E-state index contributed by atoms with van der Waals surface area (Å²) in [7, 11) is 0. The number of rotatable bonds is 6. The summed E-state index contributed by atoms with van der Waals surface area (Å²) in [6.45, 7) is 10.0. The fraction of sp³-hybridized carbons (Fsp3) is 0.444. The maximum atomic E-state index is 3.68. The van der Waals surface area contributed by atoms with Gasteiger partial charge >= 0.3 is 0 Å². The Kier molecular flexibility index (Phi) is 6.03. The first-order valence-corrected chi connectivity index (χ1v) is 9.23. The van der Waals surface area contributed by atoms with E-state index in [2.05, 4.69) is 79.3 Å². The zero-order chi connectivity index (χ0) is 15.4. The third-order valence-corrected chi connectivity index (χ3v) is 5.36. The molecule has 1 aromatic heterocycles. The zero-order valence-corrected chi connectivity index (χ0v) is 15.6. The summed E-state index contributed by atoms with van der Waals surface area (Å²) in [6.07, 6.45) is 1.17. The highest BCUT2D eigenvalue weighted by Gasteiger charge is 2.17. The second kappa shape index (κ2) is 7.57. The Bertz CT molecular complexity index is 589. The minimum Gasteiger partial charge on any atom is -0.309 e. The quantitative estimate of drug-likeness (QED) is 0.643. The molecule has 1 aromatic carbocycles. The van der Waals surface area contributed by atoms with Crippen molar-refractivity contribution in [2.24, 2.45) is 5.92 Å². The number of nitrogens with one attached hydrogen (secondary N) is 1. The van der Waals surface area contributed by atoms with Crippen molar-refractivity contribution in [1.82, 2.24) is 5.32 Å². The van der Waals surface area contributed by atoms with Crippen LogP contribution < -0.4 is 5.32 Å². The molecule has 114 valence electrons. The van der Waals surface area contributed by atoms with Gasteiger partial charge in [0.25, 0.3) is 0 Å². The Morgan fingerprint density at radius 3 is 2.57 bits per heavy atom. The second-order valence-corrected chi connectivity index (χ2v) is 7.87. The molecule has 3 heteroatoms. The molecule has 1 heterocycles. The van der Waals surface area contributed by atoms with E-state index in [1.165, 1.54) is 27.3 Å². The Morgan fingerprint density at radius 2 is 1.95 bits per heavy atom. The first kappa shape index (κ1) is 16.7. The Morgan fingerprint density at radius 1 is 1.19 bits per heavy atom. The van der Waals surface area contributed by atoms with Crippen LogP contribution in [0, 0.1) is 12.8 Å². The molecule has 2 rings (SSSR count). The van der Waals surface area contributed by atoms with E-state index in [0.29, 0.717) is 12.0 Å². The van der Waals surface area contributed by atoms with E-state index in [4.69, 9.17) is 0 Å². The lowest BCUT2D eigenvalue weighted by molar-refractivity contribution is 0.418. The van der Waals surface area contributed by atoms with Gasteiger partial charge in [-0.25, -0.2) is 0 Å². The minimum atomic E-state index is 0.458. The maximum Gasteiger partial charge on any atom is 0.0438 e. The monoisotopic (exact) mass is 365 g/mol. The Labute approximate surface area is 140 Å². The molecule has 0 aliphatic rings. The third kappa shape index (κ3) is 4.18. The molecule has 0 aliphatic heterocycles. The summed E-state index contributed by atoms with van der Waals surface area (Å²) < 4.78 is 1.14. The standard InChI is InChI=1S/C18H24BrNS/c1-5-10-20-18(12(2)3)17-9-8-16(21-17)15-7-6-14(19)11-13(15)4/h6-9,11-12,18,20H,5,10H2,1-4H3. The van der Waals surface area contributed by atoms with Crippen molar-refractivity contribution >= 4 is 27.3 Å². The summed E-state index contributed by atoms with van der Waals surface area (Å²) in [4.78, 5) is 2.80. The van der Waals surface area contributed by atoms with Crippen molar-refractivity contribution < 1.29 is 0 Å². The smallest absolute Gasteiger partial charge is 0.0438 e. The zero-order valence-electron chi connectivity index (χ0n) is 13.2. The van der Waals surface area contributed by atoms with Gasteiger partial charge in [0.2, 0.25) is 0 Å². The van der Waals surface area contributed by atoms with E-state index in [-0.39, 0.29) is 0 Å². The van der Waals surface area contributed by atoms with Crippen LogP contribution in [0.15, 0.2) is 34.8 Å². The van der Waals surface area contributed by atoms with Crippen LogP contribution in [0.3, 0.4) is 0 Å². The van der Waals surface area contributed by atoms with Crippen LogP contribution in [0.4, 0.5) is 0 Å². The van der Waals surface area contributed by atoms with Crippen molar-refractivity contribution in [3.63, 3.8) is 0 Å². The number of aryl methyl sites for hydroxylation is 1. The highest BCUT2D eigenvalue weighted by molar-refractivity contribution is 9.10. The van der Waals surface area contributed by atoms with Gasteiger partial charge in [-0.15, -0.1) is 11.3 Å². The number of hydrogen-bond donors (Lipinski definition) is 1. The molecule has 0 saturated carbocycles. The molecule has 0 aliphatic carbocycles. The third-order valence-electron chi connectivity index (χ3n) is 3.67. The van der Waals surface area contributed by atoms with E-state index >= 15 is 0 Å². The van der Waals surface area contributed by atoms with E-state index < -0.39 is 0 Å². The van der Waals surface area contributed by atoms with Gasteiger partial charge in [-0.05, 0) is 61.2 Å². The number of hydrogen-bond acceptors (Lipinski definition) is 2. The molecule has 1 atom stereocenters. The molecule has 1 nitrogen and oxygen atoms in total. The highest BCUT2D eigenvalue weighted by atomic mass is 79.9. The van der Waals surface area contributed by atoms with Gasteiger partial charge in [-0.3, -0.25) is 0 Å². The van der Waals surface area contributed by atoms with E-state index in [9.17, 15) is 0 Å². The van der Waals surface area contributed by atoms with Gasteiger partial charge in [0.05, 0.1) is 0 Å². The molecule has 0 fully saturated rings. The Balaban J connectivity index is 2.27. The molecule has 0 amide bonds. The van der Waals surface area contributed by atoms with Crippen molar-refractivity contribution in [3.05, 3.63) is 45.2 Å². The van der Waals surface area contributed by atoms with Crippen molar-refractivity contribution in [2.45, 2.75) is 40.2 Å². The molecular weight excluding hydrogens is 342 g/mol. The van der Waals surface area contributed by atoms with Crippen LogP contribution in [-0.4, -0.2) is 6.54 Å².